The minimum absolute atomic E-state index is 0.255. The van der Waals surface area contributed by atoms with Crippen LogP contribution in [0.5, 0.6) is 0 Å². The third-order valence-corrected chi connectivity index (χ3v) is 5.68. The largest absolute Gasteiger partial charge is 0.433 e. The van der Waals surface area contributed by atoms with Crippen LogP contribution in [0.25, 0.3) is 16.3 Å². The molecular weight excluding hydrogens is 334 g/mol. The molecule has 0 radical (unpaired) electrons. The van der Waals surface area contributed by atoms with Gasteiger partial charge in [-0.05, 0) is 42.4 Å². The van der Waals surface area contributed by atoms with Gasteiger partial charge in [-0.1, -0.05) is 11.8 Å². The van der Waals surface area contributed by atoms with Crippen LogP contribution in [0.15, 0.2) is 33.3 Å². The van der Waals surface area contributed by atoms with Gasteiger partial charge in [0.15, 0.2) is 0 Å². The fourth-order valence-electron chi connectivity index (χ4n) is 2.68. The average Bonchev–Trinajstić information content (AvgIpc) is 3.21. The summed E-state index contributed by atoms with van der Waals surface area (Å²) >= 11 is 3.23. The molecule has 0 unspecified atom stereocenters. The van der Waals surface area contributed by atoms with E-state index < -0.39 is 4.92 Å². The number of furan rings is 1. The van der Waals surface area contributed by atoms with Gasteiger partial charge < -0.3 is 4.42 Å². The van der Waals surface area contributed by atoms with Crippen molar-refractivity contribution in [3.8, 4) is 0 Å². The van der Waals surface area contributed by atoms with Crippen molar-refractivity contribution < 1.29 is 9.34 Å². The Kier molecular flexibility index (Phi) is 3.62. The second-order valence-corrected chi connectivity index (χ2v) is 7.05. The molecule has 0 saturated heterocycles. The summed E-state index contributed by atoms with van der Waals surface area (Å²) in [4.78, 5) is 21.3. The number of aromatic nitrogens is 2. The molecule has 0 aliphatic heterocycles. The normalized spacial score (nSPS) is 13.9. The zero-order valence-electron chi connectivity index (χ0n) is 11.9. The van der Waals surface area contributed by atoms with Crippen molar-refractivity contribution in [1.29, 1.82) is 0 Å². The first-order chi connectivity index (χ1) is 11.2. The minimum atomic E-state index is -0.549. The first kappa shape index (κ1) is 14.4. The van der Waals surface area contributed by atoms with Crippen LogP contribution in [0.3, 0.4) is 0 Å². The van der Waals surface area contributed by atoms with E-state index in [0.29, 0.717) is 5.76 Å². The van der Waals surface area contributed by atoms with Crippen LogP contribution in [0.2, 0.25) is 0 Å². The SMILES string of the molecule is O=[N+]([O-])c1ccc(/C=C/Sc2ncnc3sc4c(c23)CCC4)o1. The Hall–Kier alpha value is -2.19. The smallest absolute Gasteiger partial charge is 0.401 e. The topological polar surface area (TPSA) is 82.1 Å². The molecule has 3 aromatic heterocycles. The molecular formula is C15H11N3O3S2. The maximum absolute atomic E-state index is 10.6. The van der Waals surface area contributed by atoms with Gasteiger partial charge in [-0.15, -0.1) is 11.3 Å². The number of hydrogen-bond acceptors (Lipinski definition) is 7. The van der Waals surface area contributed by atoms with E-state index in [9.17, 15) is 10.1 Å². The standard InChI is InChI=1S/C15H11N3O3S2/c19-18(20)12-5-4-9(21-12)6-7-22-14-13-10-2-1-3-11(10)23-15(13)17-8-16-14/h4-8H,1-3H2/b7-6+. The quantitative estimate of drug-likeness (QED) is 0.301. The lowest BCUT2D eigenvalue weighted by Crippen LogP contribution is -1.85. The van der Waals surface area contributed by atoms with Crippen molar-refractivity contribution in [2.24, 2.45) is 0 Å². The molecule has 0 aromatic carbocycles. The lowest BCUT2D eigenvalue weighted by Gasteiger charge is -1.99. The van der Waals surface area contributed by atoms with Crippen molar-refractivity contribution in [2.75, 3.05) is 0 Å². The molecule has 0 atom stereocenters. The third kappa shape index (κ3) is 2.64. The highest BCUT2D eigenvalue weighted by molar-refractivity contribution is 8.02. The Morgan fingerprint density at radius 2 is 2.26 bits per heavy atom. The number of fused-ring (bicyclic) bond motifs is 3. The summed E-state index contributed by atoms with van der Waals surface area (Å²) < 4.78 is 5.10. The van der Waals surface area contributed by atoms with Crippen LogP contribution in [-0.4, -0.2) is 14.9 Å². The maximum Gasteiger partial charge on any atom is 0.433 e. The fraction of sp³-hybridized carbons (Fsp3) is 0.200. The van der Waals surface area contributed by atoms with Gasteiger partial charge in [0.1, 0.15) is 26.9 Å². The Morgan fingerprint density at radius 1 is 1.35 bits per heavy atom. The van der Waals surface area contributed by atoms with Crippen LogP contribution in [-0.2, 0) is 12.8 Å². The van der Waals surface area contributed by atoms with Crippen molar-refractivity contribution >= 4 is 45.3 Å². The molecule has 116 valence electrons. The minimum Gasteiger partial charge on any atom is -0.401 e. The van der Waals surface area contributed by atoms with Crippen LogP contribution >= 0.6 is 23.1 Å². The number of hydrogen-bond donors (Lipinski definition) is 0. The van der Waals surface area contributed by atoms with Gasteiger partial charge in [-0.2, -0.15) is 0 Å². The first-order valence-corrected chi connectivity index (χ1v) is 8.74. The highest BCUT2D eigenvalue weighted by atomic mass is 32.2. The van der Waals surface area contributed by atoms with E-state index in [4.69, 9.17) is 4.42 Å². The lowest BCUT2D eigenvalue weighted by atomic mass is 10.2. The Balaban J connectivity index is 1.60. The molecule has 0 spiro atoms. The van der Waals surface area contributed by atoms with Gasteiger partial charge in [0.2, 0.25) is 0 Å². The van der Waals surface area contributed by atoms with Crippen molar-refractivity contribution in [3.05, 3.63) is 50.2 Å². The van der Waals surface area contributed by atoms with Crippen molar-refractivity contribution in [1.82, 2.24) is 9.97 Å². The summed E-state index contributed by atoms with van der Waals surface area (Å²) in [6, 6.07) is 2.92. The van der Waals surface area contributed by atoms with Crippen molar-refractivity contribution in [3.63, 3.8) is 0 Å². The molecule has 0 bridgehead atoms. The number of nitro groups is 1. The predicted octanol–water partition coefficient (Wildman–Crippen LogP) is 4.44. The molecule has 1 aliphatic rings. The molecule has 6 nitrogen and oxygen atoms in total. The monoisotopic (exact) mass is 345 g/mol. The molecule has 0 amide bonds. The molecule has 0 N–H and O–H groups in total. The summed E-state index contributed by atoms with van der Waals surface area (Å²) in [5.74, 6) is 0.194. The van der Waals surface area contributed by atoms with Crippen molar-refractivity contribution in [2.45, 2.75) is 24.3 Å². The van der Waals surface area contributed by atoms with E-state index in [0.717, 1.165) is 28.1 Å². The first-order valence-electron chi connectivity index (χ1n) is 7.05. The molecule has 3 heterocycles. The Labute approximate surface area is 139 Å². The second-order valence-electron chi connectivity index (χ2n) is 5.07. The number of aryl methyl sites for hydroxylation is 2. The van der Waals surface area contributed by atoms with Gasteiger partial charge in [0.05, 0.1) is 6.07 Å². The zero-order valence-corrected chi connectivity index (χ0v) is 13.5. The van der Waals surface area contributed by atoms with E-state index in [1.54, 1.807) is 29.8 Å². The number of thioether (sulfide) groups is 1. The second kappa shape index (κ2) is 5.78. The molecule has 1 aliphatic carbocycles. The summed E-state index contributed by atoms with van der Waals surface area (Å²) in [6.45, 7) is 0. The molecule has 4 rings (SSSR count). The molecule has 3 aromatic rings. The number of rotatable bonds is 4. The number of thiophene rings is 1. The van der Waals surface area contributed by atoms with E-state index in [1.807, 2.05) is 5.41 Å². The highest BCUT2D eigenvalue weighted by Crippen LogP contribution is 2.40. The van der Waals surface area contributed by atoms with E-state index in [2.05, 4.69) is 9.97 Å². The zero-order chi connectivity index (χ0) is 15.8. The summed E-state index contributed by atoms with van der Waals surface area (Å²) in [6.07, 6.45) is 6.71. The van der Waals surface area contributed by atoms with Gasteiger partial charge in [-0.25, -0.2) is 9.97 Å². The fourth-order valence-corrected chi connectivity index (χ4v) is 4.75. The Morgan fingerprint density at radius 3 is 3.09 bits per heavy atom. The summed E-state index contributed by atoms with van der Waals surface area (Å²) in [5.41, 5.74) is 1.38. The van der Waals surface area contributed by atoms with Gasteiger partial charge >= 0.3 is 5.88 Å². The van der Waals surface area contributed by atoms with E-state index >= 15 is 0 Å². The molecule has 0 fully saturated rings. The lowest BCUT2D eigenvalue weighted by molar-refractivity contribution is -0.402. The van der Waals surface area contributed by atoms with Crippen LogP contribution in [0, 0.1) is 10.1 Å². The number of nitrogens with zero attached hydrogens (tertiary/aromatic N) is 3. The highest BCUT2D eigenvalue weighted by Gasteiger charge is 2.20. The van der Waals surface area contributed by atoms with Gasteiger partial charge in [0, 0.05) is 10.3 Å². The van der Waals surface area contributed by atoms with E-state index in [-0.39, 0.29) is 5.88 Å². The van der Waals surface area contributed by atoms with Gasteiger partial charge in [-0.3, -0.25) is 10.1 Å². The average molecular weight is 345 g/mol. The molecule has 23 heavy (non-hydrogen) atoms. The van der Waals surface area contributed by atoms with Crippen LogP contribution in [0.4, 0.5) is 5.88 Å². The van der Waals surface area contributed by atoms with E-state index in [1.165, 1.54) is 34.7 Å². The summed E-state index contributed by atoms with van der Waals surface area (Å²) in [7, 11) is 0. The maximum atomic E-state index is 10.6. The Bertz CT molecular complexity index is 929. The molecule has 8 heteroatoms. The van der Waals surface area contributed by atoms with Crippen LogP contribution < -0.4 is 0 Å². The van der Waals surface area contributed by atoms with Crippen LogP contribution in [0.1, 0.15) is 22.6 Å². The predicted molar refractivity (Wildman–Crippen MR) is 89.7 cm³/mol. The summed E-state index contributed by atoms with van der Waals surface area (Å²) in [5, 5.41) is 14.5. The van der Waals surface area contributed by atoms with Gasteiger partial charge in [0.25, 0.3) is 0 Å². The molecule has 0 saturated carbocycles. The third-order valence-electron chi connectivity index (χ3n) is 3.67.